The Morgan fingerprint density at radius 2 is 1.57 bits per heavy atom. The summed E-state index contributed by atoms with van der Waals surface area (Å²) in [6, 6.07) is 6.50. The van der Waals surface area contributed by atoms with Crippen LogP contribution in [-0.4, -0.2) is 74.4 Å². The first kappa shape index (κ1) is 31.4. The molecule has 1 saturated carbocycles. The molecule has 14 nitrogen and oxygen atoms in total. The van der Waals surface area contributed by atoms with Gasteiger partial charge in [0.2, 0.25) is 11.8 Å². The van der Waals surface area contributed by atoms with Crippen LogP contribution in [0.5, 0.6) is 5.75 Å². The second-order valence-corrected chi connectivity index (χ2v) is 13.5. The Morgan fingerprint density at radius 3 is 2.11 bits per heavy atom. The summed E-state index contributed by atoms with van der Waals surface area (Å²) in [7, 11) is 4.05. The maximum absolute atomic E-state index is 14.3. The second kappa shape index (κ2) is 10.2. The molecule has 2 aliphatic heterocycles. The van der Waals surface area contributed by atoms with Crippen LogP contribution in [0.2, 0.25) is 0 Å². The maximum atomic E-state index is 14.3. The van der Waals surface area contributed by atoms with E-state index in [4.69, 9.17) is 23.2 Å². The molecule has 3 fully saturated rings. The minimum absolute atomic E-state index is 0.0174. The topological polar surface area (TPSA) is 185 Å². The van der Waals surface area contributed by atoms with E-state index in [-0.39, 0.29) is 30.0 Å². The zero-order valence-electron chi connectivity index (χ0n) is 24.9. The molecule has 2 heterocycles. The molecule has 2 aromatic carbocycles. The number of benzene rings is 2. The molecular weight excluding hydrogens is 645 g/mol. The number of phenolic OH excluding ortho intramolecular Hbond substituents is 1. The van der Waals surface area contributed by atoms with E-state index >= 15 is 0 Å². The number of amides is 4. The van der Waals surface area contributed by atoms with Crippen LogP contribution in [0.1, 0.15) is 29.9 Å². The van der Waals surface area contributed by atoms with Crippen LogP contribution >= 0.6 is 23.2 Å². The Morgan fingerprint density at radius 1 is 0.957 bits per heavy atom. The summed E-state index contributed by atoms with van der Waals surface area (Å²) < 4.78 is 0. The third-order valence-corrected chi connectivity index (χ3v) is 11.1. The Bertz CT molecular complexity index is 1810. The Labute approximate surface area is 271 Å². The van der Waals surface area contributed by atoms with Crippen molar-refractivity contribution in [3.05, 3.63) is 73.3 Å². The highest BCUT2D eigenvalue weighted by Crippen LogP contribution is 2.65. The minimum Gasteiger partial charge on any atom is -0.508 e. The number of halogens is 2. The van der Waals surface area contributed by atoms with Crippen molar-refractivity contribution in [3.63, 3.8) is 0 Å². The molecule has 0 spiro atoms. The number of hydrogen-bond acceptors (Lipinski definition) is 10. The number of hydrogen-bond donors (Lipinski definition) is 1. The van der Waals surface area contributed by atoms with Gasteiger partial charge in [0.15, 0.2) is 15.4 Å². The van der Waals surface area contributed by atoms with Gasteiger partial charge in [0.1, 0.15) is 5.75 Å². The van der Waals surface area contributed by atoms with Crippen LogP contribution in [0.15, 0.2) is 42.0 Å². The van der Waals surface area contributed by atoms with Crippen LogP contribution in [0.25, 0.3) is 0 Å². The summed E-state index contributed by atoms with van der Waals surface area (Å²) in [4.78, 5) is 76.5. The van der Waals surface area contributed by atoms with Crippen LogP contribution in [0.3, 0.4) is 0 Å². The number of anilines is 2. The average molecular weight is 672 g/mol. The van der Waals surface area contributed by atoms with Gasteiger partial charge in [-0.05, 0) is 42.9 Å². The molecule has 4 amide bonds. The van der Waals surface area contributed by atoms with Gasteiger partial charge in [0.05, 0.1) is 27.4 Å². The predicted molar refractivity (Wildman–Crippen MR) is 165 cm³/mol. The van der Waals surface area contributed by atoms with Crippen molar-refractivity contribution in [2.24, 2.45) is 17.8 Å². The van der Waals surface area contributed by atoms with E-state index in [9.17, 15) is 44.5 Å². The monoisotopic (exact) mass is 671 g/mol. The molecule has 2 aliphatic carbocycles. The largest absolute Gasteiger partial charge is 0.508 e. The van der Waals surface area contributed by atoms with Gasteiger partial charge in [0.25, 0.3) is 11.8 Å². The predicted octanol–water partition coefficient (Wildman–Crippen LogP) is 3.78. The van der Waals surface area contributed by atoms with E-state index in [2.05, 4.69) is 0 Å². The standard InChI is InChI=1S/C30H27Cl2N5O9/c1-13-9-14(5-8-21(13)38)23-16-6-7-17-22(18(16)12-29(31)27(41)34(4)28(42)30(23,29)32)26(40)35(25(17)39)15-10-19(36(43)44)24(33(2)3)20(11-15)37(45)46/h5-6,8-11,17-18,22-23,38H,7,12H2,1-4H3/t17-,18+,22-,23-,29+,30-/m0/s1. The van der Waals surface area contributed by atoms with E-state index in [1.165, 1.54) is 32.1 Å². The van der Waals surface area contributed by atoms with Gasteiger partial charge in [-0.2, -0.15) is 0 Å². The van der Waals surface area contributed by atoms with Crippen molar-refractivity contribution >= 4 is 69.6 Å². The van der Waals surface area contributed by atoms with E-state index in [0.29, 0.717) is 16.7 Å². The van der Waals surface area contributed by atoms with Crippen molar-refractivity contribution in [1.82, 2.24) is 4.90 Å². The molecule has 6 atom stereocenters. The molecule has 16 heteroatoms. The Kier molecular flexibility index (Phi) is 6.98. The third-order valence-electron chi connectivity index (χ3n) is 9.72. The van der Waals surface area contributed by atoms with Crippen molar-refractivity contribution in [2.75, 3.05) is 30.9 Å². The van der Waals surface area contributed by atoms with Crippen LogP contribution < -0.4 is 9.80 Å². The lowest BCUT2D eigenvalue weighted by Crippen LogP contribution is -2.60. The number of imide groups is 2. The lowest BCUT2D eigenvalue weighted by molar-refractivity contribution is -0.392. The number of phenols is 1. The van der Waals surface area contributed by atoms with E-state index in [0.717, 1.165) is 21.9 Å². The molecule has 4 aliphatic rings. The van der Waals surface area contributed by atoms with Gasteiger partial charge in [0, 0.05) is 39.2 Å². The van der Waals surface area contributed by atoms with Crippen molar-refractivity contribution in [2.45, 2.75) is 35.4 Å². The smallest absolute Gasteiger partial charge is 0.301 e. The van der Waals surface area contributed by atoms with Crippen molar-refractivity contribution < 1.29 is 34.1 Å². The summed E-state index contributed by atoms with van der Waals surface area (Å²) in [5, 5.41) is 34.2. The number of nitrogens with zero attached hydrogens (tertiary/aromatic N) is 5. The number of nitro groups is 2. The van der Waals surface area contributed by atoms with Gasteiger partial charge >= 0.3 is 11.4 Å². The summed E-state index contributed by atoms with van der Waals surface area (Å²) in [5.74, 6) is -7.04. The fraction of sp³-hybridized carbons (Fsp3) is 0.400. The highest BCUT2D eigenvalue weighted by atomic mass is 35.5. The molecule has 6 rings (SSSR count). The fourth-order valence-corrected chi connectivity index (χ4v) is 8.71. The van der Waals surface area contributed by atoms with Crippen molar-refractivity contribution in [1.29, 1.82) is 0 Å². The quantitative estimate of drug-likeness (QED) is 0.161. The van der Waals surface area contributed by atoms with Gasteiger partial charge in [-0.15, -0.1) is 23.2 Å². The Hall–Kier alpha value is -4.56. The van der Waals surface area contributed by atoms with E-state index < -0.39 is 78.3 Å². The zero-order valence-corrected chi connectivity index (χ0v) is 26.4. The second-order valence-electron chi connectivity index (χ2n) is 12.3. The summed E-state index contributed by atoms with van der Waals surface area (Å²) in [6.45, 7) is 1.64. The number of rotatable bonds is 5. The molecule has 0 bridgehead atoms. The third kappa shape index (κ3) is 3.95. The number of allylic oxidation sites excluding steroid dienone is 2. The van der Waals surface area contributed by atoms with E-state index in [1.54, 1.807) is 25.1 Å². The summed E-state index contributed by atoms with van der Waals surface area (Å²) in [5.41, 5.74) is -0.563. The zero-order chi connectivity index (χ0) is 33.8. The highest BCUT2D eigenvalue weighted by molar-refractivity contribution is 6.53. The molecule has 1 N–H and O–H groups in total. The lowest BCUT2D eigenvalue weighted by atomic mass is 9.56. The number of aromatic hydroxyl groups is 1. The number of fused-ring (bicyclic) bond motifs is 4. The summed E-state index contributed by atoms with van der Waals surface area (Å²) >= 11 is 14.3. The molecular formula is C30H27Cl2N5O9. The first-order valence-electron chi connectivity index (χ1n) is 14.2. The molecule has 0 radical (unpaired) electrons. The molecule has 0 aromatic heterocycles. The van der Waals surface area contributed by atoms with Gasteiger partial charge in [-0.3, -0.25) is 44.3 Å². The normalized spacial score (nSPS) is 30.2. The number of carbonyl (C=O) groups excluding carboxylic acids is 4. The van der Waals surface area contributed by atoms with Crippen LogP contribution in [0.4, 0.5) is 22.7 Å². The van der Waals surface area contributed by atoms with Gasteiger partial charge < -0.3 is 10.0 Å². The lowest BCUT2D eigenvalue weighted by Gasteiger charge is -2.50. The van der Waals surface area contributed by atoms with Crippen LogP contribution in [-0.2, 0) is 19.2 Å². The highest BCUT2D eigenvalue weighted by Gasteiger charge is 2.76. The fourth-order valence-electron chi connectivity index (χ4n) is 7.69. The van der Waals surface area contributed by atoms with Gasteiger partial charge in [-0.25, -0.2) is 4.90 Å². The van der Waals surface area contributed by atoms with Crippen LogP contribution in [0, 0.1) is 44.9 Å². The molecule has 2 saturated heterocycles. The first-order valence-corrected chi connectivity index (χ1v) is 14.9. The number of likely N-dealkylation sites (tertiary alicyclic amines) is 1. The Balaban J connectivity index is 1.51. The molecule has 240 valence electrons. The first-order chi connectivity index (χ1) is 21.5. The summed E-state index contributed by atoms with van der Waals surface area (Å²) in [6.07, 6.45) is 1.45. The number of aryl methyl sites for hydroxylation is 1. The SMILES string of the molecule is Cc1cc([C@H]2C3=CC[C@@H]4C(=O)N(c5cc([N+](=O)[O-])c(N(C)C)c([N+](=O)[O-])c5)C(=O)[C@@H]4[C@@H]3C[C@@]3(Cl)C(=O)N(C)C(=O)[C@@]23Cl)ccc1O. The minimum atomic E-state index is -2.03. The number of carbonyl (C=O) groups is 4. The molecule has 46 heavy (non-hydrogen) atoms. The number of nitro benzene ring substituents is 2. The van der Waals surface area contributed by atoms with Gasteiger partial charge in [-0.1, -0.05) is 23.8 Å². The average Bonchev–Trinajstić information content (AvgIpc) is 3.32. The van der Waals surface area contributed by atoms with E-state index in [1.807, 2.05) is 0 Å². The van der Waals surface area contributed by atoms with Crippen molar-refractivity contribution in [3.8, 4) is 5.75 Å². The number of alkyl halides is 2. The molecule has 0 unspecified atom stereocenters. The molecule has 2 aromatic rings. The maximum Gasteiger partial charge on any atom is 0.301 e.